The van der Waals surface area contributed by atoms with Crippen LogP contribution in [0.5, 0.6) is 0 Å². The monoisotopic (exact) mass is 295 g/mol. The van der Waals surface area contributed by atoms with Gasteiger partial charge >= 0.3 is 5.97 Å². The average Bonchev–Trinajstić information content (AvgIpc) is 2.81. The molecule has 0 spiro atoms. The highest BCUT2D eigenvalue weighted by Crippen LogP contribution is 2.09. The number of halogens is 1. The Morgan fingerprint density at radius 1 is 1.45 bits per heavy atom. The van der Waals surface area contributed by atoms with Crippen LogP contribution < -0.4 is 5.32 Å². The maximum absolute atomic E-state index is 11.6. The molecular weight excluding hydrogens is 286 g/mol. The fraction of sp³-hybridized carbons (Fsp3) is 0.167. The Kier molecular flexibility index (Phi) is 4.31. The summed E-state index contributed by atoms with van der Waals surface area (Å²) in [6.45, 7) is 1.25. The van der Waals surface area contributed by atoms with Crippen LogP contribution in [0.15, 0.2) is 28.9 Å². The van der Waals surface area contributed by atoms with Gasteiger partial charge in [-0.3, -0.25) is 4.79 Å². The third-order valence-corrected chi connectivity index (χ3v) is 2.40. The van der Waals surface area contributed by atoms with Crippen molar-refractivity contribution in [2.75, 3.05) is 11.9 Å². The first-order chi connectivity index (χ1) is 9.54. The van der Waals surface area contributed by atoms with Gasteiger partial charge in [-0.05, 0) is 19.1 Å². The van der Waals surface area contributed by atoms with Crippen molar-refractivity contribution in [2.24, 2.45) is 0 Å². The third kappa shape index (κ3) is 3.79. The Hall–Kier alpha value is -2.41. The first kappa shape index (κ1) is 14.0. The molecule has 0 fully saturated rings. The van der Waals surface area contributed by atoms with E-state index in [1.54, 1.807) is 13.0 Å². The molecule has 7 nitrogen and oxygen atoms in total. The zero-order valence-corrected chi connectivity index (χ0v) is 11.2. The van der Waals surface area contributed by atoms with E-state index in [2.05, 4.69) is 15.5 Å². The number of amides is 1. The molecule has 0 unspecified atom stereocenters. The Bertz CT molecular complexity index is 641. The van der Waals surface area contributed by atoms with Crippen LogP contribution in [0.4, 0.5) is 5.82 Å². The van der Waals surface area contributed by atoms with Gasteiger partial charge in [0.15, 0.2) is 12.4 Å². The highest BCUT2D eigenvalue weighted by Gasteiger charge is 2.12. The summed E-state index contributed by atoms with van der Waals surface area (Å²) in [5.74, 6) is -0.369. The van der Waals surface area contributed by atoms with Gasteiger partial charge in [-0.1, -0.05) is 16.8 Å². The normalized spacial score (nSPS) is 10.1. The fourth-order valence-corrected chi connectivity index (χ4v) is 1.52. The maximum atomic E-state index is 11.6. The van der Waals surface area contributed by atoms with E-state index in [9.17, 15) is 9.59 Å². The molecule has 2 aromatic heterocycles. The van der Waals surface area contributed by atoms with Crippen LogP contribution in [-0.2, 0) is 9.53 Å². The maximum Gasteiger partial charge on any atom is 0.338 e. The molecule has 0 atom stereocenters. The first-order valence-electron chi connectivity index (χ1n) is 5.56. The number of anilines is 1. The summed E-state index contributed by atoms with van der Waals surface area (Å²) < 4.78 is 9.61. The van der Waals surface area contributed by atoms with Crippen LogP contribution in [0.2, 0.25) is 5.15 Å². The minimum absolute atomic E-state index is 0.168. The lowest BCUT2D eigenvalue weighted by Gasteiger charge is -2.04. The minimum atomic E-state index is -0.666. The molecule has 0 saturated heterocycles. The molecule has 0 bridgehead atoms. The van der Waals surface area contributed by atoms with Gasteiger partial charge in [0.1, 0.15) is 10.9 Å². The van der Waals surface area contributed by atoms with Crippen molar-refractivity contribution in [3.63, 3.8) is 0 Å². The number of esters is 1. The summed E-state index contributed by atoms with van der Waals surface area (Å²) in [5, 5.41) is 6.17. The number of carbonyl (C=O) groups is 2. The van der Waals surface area contributed by atoms with Crippen molar-refractivity contribution in [1.82, 2.24) is 10.1 Å². The van der Waals surface area contributed by atoms with Gasteiger partial charge in [0.25, 0.3) is 5.91 Å². The van der Waals surface area contributed by atoms with Gasteiger partial charge < -0.3 is 14.6 Å². The summed E-state index contributed by atoms with van der Waals surface area (Å²) in [6, 6.07) is 4.33. The van der Waals surface area contributed by atoms with Gasteiger partial charge in [0.2, 0.25) is 0 Å². The molecule has 0 saturated carbocycles. The molecule has 104 valence electrons. The molecule has 0 aromatic carbocycles. The van der Waals surface area contributed by atoms with E-state index in [1.807, 2.05) is 0 Å². The van der Waals surface area contributed by atoms with Crippen molar-refractivity contribution < 1.29 is 18.8 Å². The van der Waals surface area contributed by atoms with E-state index >= 15 is 0 Å². The Balaban J connectivity index is 1.85. The Morgan fingerprint density at radius 3 is 2.90 bits per heavy atom. The minimum Gasteiger partial charge on any atom is -0.452 e. The van der Waals surface area contributed by atoms with E-state index in [1.165, 1.54) is 18.3 Å². The molecule has 0 aliphatic heterocycles. The quantitative estimate of drug-likeness (QED) is 0.683. The van der Waals surface area contributed by atoms with Crippen molar-refractivity contribution in [3.8, 4) is 0 Å². The van der Waals surface area contributed by atoms with Crippen LogP contribution in [0.25, 0.3) is 0 Å². The smallest absolute Gasteiger partial charge is 0.338 e. The van der Waals surface area contributed by atoms with E-state index in [0.29, 0.717) is 5.76 Å². The number of nitrogens with one attached hydrogen (secondary N) is 1. The predicted octanol–water partition coefficient (Wildman–Crippen LogP) is 1.83. The number of hydrogen-bond donors (Lipinski definition) is 1. The van der Waals surface area contributed by atoms with Gasteiger partial charge in [-0.25, -0.2) is 9.78 Å². The van der Waals surface area contributed by atoms with E-state index in [0.717, 1.165) is 0 Å². The first-order valence-corrected chi connectivity index (χ1v) is 5.94. The van der Waals surface area contributed by atoms with E-state index in [4.69, 9.17) is 20.9 Å². The van der Waals surface area contributed by atoms with Gasteiger partial charge in [-0.2, -0.15) is 0 Å². The molecule has 2 heterocycles. The summed E-state index contributed by atoms with van der Waals surface area (Å²) in [6.07, 6.45) is 1.37. The summed E-state index contributed by atoms with van der Waals surface area (Å²) in [5.41, 5.74) is 0.218. The van der Waals surface area contributed by atoms with Crippen molar-refractivity contribution in [1.29, 1.82) is 0 Å². The molecule has 1 amide bonds. The van der Waals surface area contributed by atoms with Crippen molar-refractivity contribution >= 4 is 29.3 Å². The predicted molar refractivity (Wildman–Crippen MR) is 69.4 cm³/mol. The molecular formula is C12H10ClN3O4. The standard InChI is InChI=1S/C12H10ClN3O4/c1-7-4-10(16-20-7)15-11(17)6-19-12(18)8-2-3-14-9(13)5-8/h2-5H,6H2,1H3,(H,15,16,17). The number of aryl methyl sites for hydroxylation is 1. The lowest BCUT2D eigenvalue weighted by atomic mass is 10.3. The highest BCUT2D eigenvalue weighted by atomic mass is 35.5. The number of rotatable bonds is 4. The van der Waals surface area contributed by atoms with Crippen LogP contribution in [0, 0.1) is 6.92 Å². The fourth-order valence-electron chi connectivity index (χ4n) is 1.35. The van der Waals surface area contributed by atoms with Crippen LogP contribution in [-0.4, -0.2) is 28.6 Å². The number of nitrogens with zero attached hydrogens (tertiary/aromatic N) is 2. The summed E-state index contributed by atoms with van der Waals surface area (Å²) >= 11 is 5.64. The summed E-state index contributed by atoms with van der Waals surface area (Å²) in [4.78, 5) is 26.9. The Morgan fingerprint density at radius 2 is 2.25 bits per heavy atom. The van der Waals surface area contributed by atoms with Gasteiger partial charge in [0.05, 0.1) is 5.56 Å². The number of hydrogen-bond acceptors (Lipinski definition) is 6. The molecule has 0 aliphatic rings. The molecule has 2 aromatic rings. The topological polar surface area (TPSA) is 94.3 Å². The lowest BCUT2D eigenvalue weighted by Crippen LogP contribution is -2.21. The molecule has 2 rings (SSSR count). The van der Waals surface area contributed by atoms with Crippen LogP contribution >= 0.6 is 11.6 Å². The number of aromatic nitrogens is 2. The SMILES string of the molecule is Cc1cc(NC(=O)COC(=O)c2ccnc(Cl)c2)no1. The van der Waals surface area contributed by atoms with Crippen LogP contribution in [0.3, 0.4) is 0 Å². The van der Waals surface area contributed by atoms with Crippen molar-refractivity contribution in [2.45, 2.75) is 6.92 Å². The third-order valence-electron chi connectivity index (χ3n) is 2.19. The molecule has 0 radical (unpaired) electrons. The number of ether oxygens (including phenoxy) is 1. The second-order valence-corrected chi connectivity index (χ2v) is 4.20. The van der Waals surface area contributed by atoms with Gasteiger partial charge in [0, 0.05) is 12.3 Å². The Labute approximate surface area is 118 Å². The zero-order valence-electron chi connectivity index (χ0n) is 10.4. The number of pyridine rings is 1. The summed E-state index contributed by atoms with van der Waals surface area (Å²) in [7, 11) is 0. The van der Waals surface area contributed by atoms with Gasteiger partial charge in [-0.15, -0.1) is 0 Å². The second kappa shape index (κ2) is 6.16. The van der Waals surface area contributed by atoms with E-state index < -0.39 is 18.5 Å². The van der Waals surface area contributed by atoms with E-state index in [-0.39, 0.29) is 16.5 Å². The highest BCUT2D eigenvalue weighted by molar-refractivity contribution is 6.29. The number of carbonyl (C=O) groups excluding carboxylic acids is 2. The lowest BCUT2D eigenvalue weighted by molar-refractivity contribution is -0.119. The second-order valence-electron chi connectivity index (χ2n) is 3.81. The van der Waals surface area contributed by atoms with Crippen LogP contribution in [0.1, 0.15) is 16.1 Å². The zero-order chi connectivity index (χ0) is 14.5. The molecule has 1 N–H and O–H groups in total. The largest absolute Gasteiger partial charge is 0.452 e. The molecule has 0 aliphatic carbocycles. The van der Waals surface area contributed by atoms with Crippen molar-refractivity contribution in [3.05, 3.63) is 40.9 Å². The molecule has 8 heteroatoms. The average molecular weight is 296 g/mol. The molecule has 20 heavy (non-hydrogen) atoms.